The number of hydrogen-bond acceptors (Lipinski definition) is 8. The maximum atomic E-state index is 12.7. The maximum Gasteiger partial charge on any atom is 0.330 e. The molecule has 0 bridgehead atoms. The van der Waals surface area contributed by atoms with E-state index < -0.39 is 59.7 Å². The van der Waals surface area contributed by atoms with Crippen LogP contribution in [0.15, 0.2) is 52.3 Å². The van der Waals surface area contributed by atoms with Gasteiger partial charge in [0.25, 0.3) is 5.56 Å². The monoisotopic (exact) mass is 473 g/mol. The molecule has 34 heavy (non-hydrogen) atoms. The predicted molar refractivity (Wildman–Crippen MR) is 117 cm³/mol. The molecule has 6 atom stereocenters. The zero-order chi connectivity index (χ0) is 24.6. The van der Waals surface area contributed by atoms with Gasteiger partial charge in [-0.25, -0.2) is 9.59 Å². The van der Waals surface area contributed by atoms with Gasteiger partial charge in [0.05, 0.1) is 6.04 Å². The fourth-order valence-corrected chi connectivity index (χ4v) is 3.99. The molecule has 2 aromatic heterocycles. The van der Waals surface area contributed by atoms with Gasteiger partial charge in [-0.3, -0.25) is 19.1 Å². The third-order valence-electron chi connectivity index (χ3n) is 5.74. The number of nitrogens with one attached hydrogen (secondary N) is 3. The number of fused-ring (bicyclic) bond motifs is 1. The number of aliphatic hydroxyl groups is 2. The van der Waals surface area contributed by atoms with Crippen molar-refractivity contribution in [3.63, 3.8) is 0 Å². The van der Waals surface area contributed by atoms with Gasteiger partial charge < -0.3 is 36.1 Å². The Morgan fingerprint density at radius 2 is 1.91 bits per heavy atom. The molecule has 180 valence electrons. The van der Waals surface area contributed by atoms with Crippen LogP contribution in [-0.2, 0) is 20.7 Å². The van der Waals surface area contributed by atoms with Gasteiger partial charge >= 0.3 is 11.7 Å². The van der Waals surface area contributed by atoms with Crippen LogP contribution >= 0.6 is 0 Å². The van der Waals surface area contributed by atoms with Gasteiger partial charge in [0.1, 0.15) is 18.3 Å². The van der Waals surface area contributed by atoms with Crippen LogP contribution in [0.4, 0.5) is 0 Å². The Kier molecular flexibility index (Phi) is 6.34. The zero-order valence-corrected chi connectivity index (χ0v) is 17.6. The van der Waals surface area contributed by atoms with Crippen molar-refractivity contribution < 1.29 is 29.6 Å². The molecule has 3 aromatic rings. The van der Waals surface area contributed by atoms with Crippen LogP contribution in [0.5, 0.6) is 0 Å². The van der Waals surface area contributed by atoms with Crippen LogP contribution in [-0.4, -0.2) is 72.1 Å². The zero-order valence-electron chi connectivity index (χ0n) is 17.6. The summed E-state index contributed by atoms with van der Waals surface area (Å²) in [5.41, 5.74) is 6.01. The fraction of sp³-hybridized carbons (Fsp3) is 0.333. The first-order chi connectivity index (χ1) is 16.2. The number of carboxylic acid groups (broad SMARTS) is 1. The summed E-state index contributed by atoms with van der Waals surface area (Å²) in [6, 6.07) is 5.49. The number of para-hydroxylation sites is 1. The summed E-state index contributed by atoms with van der Waals surface area (Å²) in [7, 11) is 0. The van der Waals surface area contributed by atoms with Gasteiger partial charge in [0.2, 0.25) is 5.91 Å². The Morgan fingerprint density at radius 1 is 1.18 bits per heavy atom. The van der Waals surface area contributed by atoms with E-state index in [0.717, 1.165) is 33.3 Å². The molecule has 1 aliphatic rings. The average molecular weight is 473 g/mol. The minimum Gasteiger partial charge on any atom is -0.480 e. The first kappa shape index (κ1) is 23.4. The number of aliphatic hydroxyl groups excluding tert-OH is 2. The number of carboxylic acids is 1. The van der Waals surface area contributed by atoms with E-state index in [0.29, 0.717) is 0 Å². The molecule has 13 heteroatoms. The number of carbonyl (C=O) groups excluding carboxylic acids is 1. The van der Waals surface area contributed by atoms with Crippen LogP contribution in [0.3, 0.4) is 0 Å². The number of aromatic nitrogens is 3. The SMILES string of the molecule is N[C@@H](Cc1c[nH]c2ccccc12)C(=O)N[C@H](C(=O)O)[C@H]1O[C@@H](n2ccc(=O)[nH]c2=O)[C@H](O)[C@@H]1O. The van der Waals surface area contributed by atoms with Crippen LogP contribution in [0.2, 0.25) is 0 Å². The number of nitrogens with zero attached hydrogens (tertiary/aromatic N) is 1. The number of H-pyrrole nitrogens is 2. The number of rotatable bonds is 7. The van der Waals surface area contributed by atoms with E-state index in [1.807, 2.05) is 29.2 Å². The Morgan fingerprint density at radius 3 is 2.62 bits per heavy atom. The molecule has 1 amide bonds. The fourth-order valence-electron chi connectivity index (χ4n) is 3.99. The molecule has 1 saturated heterocycles. The Labute approximate surface area is 190 Å². The molecule has 8 N–H and O–H groups in total. The van der Waals surface area contributed by atoms with E-state index in [1.54, 1.807) is 6.20 Å². The third kappa shape index (κ3) is 4.36. The van der Waals surface area contributed by atoms with Gasteiger partial charge in [0.15, 0.2) is 12.3 Å². The van der Waals surface area contributed by atoms with Crippen molar-refractivity contribution in [2.24, 2.45) is 5.73 Å². The Bertz CT molecular complexity index is 1330. The van der Waals surface area contributed by atoms with E-state index in [4.69, 9.17) is 10.5 Å². The van der Waals surface area contributed by atoms with Gasteiger partial charge in [-0.1, -0.05) is 18.2 Å². The van der Waals surface area contributed by atoms with Crippen molar-refractivity contribution in [1.29, 1.82) is 0 Å². The highest BCUT2D eigenvalue weighted by molar-refractivity contribution is 5.89. The number of aliphatic carboxylic acids is 1. The highest BCUT2D eigenvalue weighted by Gasteiger charge is 2.50. The lowest BCUT2D eigenvalue weighted by atomic mass is 10.0. The lowest BCUT2D eigenvalue weighted by molar-refractivity contribution is -0.149. The van der Waals surface area contributed by atoms with Crippen LogP contribution < -0.4 is 22.3 Å². The summed E-state index contributed by atoms with van der Waals surface area (Å²) >= 11 is 0. The number of nitrogens with two attached hydrogens (primary N) is 1. The minimum absolute atomic E-state index is 0.105. The second kappa shape index (κ2) is 9.23. The summed E-state index contributed by atoms with van der Waals surface area (Å²) in [6.45, 7) is 0. The third-order valence-corrected chi connectivity index (χ3v) is 5.74. The predicted octanol–water partition coefficient (Wildman–Crippen LogP) is -2.22. The molecule has 3 heterocycles. The molecule has 1 aromatic carbocycles. The quantitative estimate of drug-likeness (QED) is 0.198. The highest BCUT2D eigenvalue weighted by Crippen LogP contribution is 2.30. The standard InChI is InChI=1S/C21H23N5O8/c22-11(7-9-8-23-12-4-2-1-3-10(9)12)18(30)25-14(20(31)32)17-15(28)16(29)19(34-17)26-6-5-13(27)24-21(26)33/h1-6,8,11,14-17,19,23,28-29H,7,22H2,(H,25,30)(H,31,32)(H,24,27,33)/t11-,14-,15-,16+,17+,19+/m0/s1. The number of hydrogen-bond donors (Lipinski definition) is 7. The van der Waals surface area contributed by atoms with Crippen molar-refractivity contribution in [3.8, 4) is 0 Å². The van der Waals surface area contributed by atoms with Crippen LogP contribution in [0.1, 0.15) is 11.8 Å². The average Bonchev–Trinajstić information content (AvgIpc) is 3.33. The largest absolute Gasteiger partial charge is 0.480 e. The summed E-state index contributed by atoms with van der Waals surface area (Å²) in [5.74, 6) is -2.36. The van der Waals surface area contributed by atoms with Crippen LogP contribution in [0, 0.1) is 0 Å². The minimum atomic E-state index is -1.78. The van der Waals surface area contributed by atoms with Crippen molar-refractivity contribution in [2.45, 2.75) is 43.0 Å². The normalized spacial score (nSPS) is 24.1. The van der Waals surface area contributed by atoms with Gasteiger partial charge in [0, 0.05) is 29.4 Å². The maximum absolute atomic E-state index is 12.7. The van der Waals surface area contributed by atoms with Gasteiger partial charge in [-0.2, -0.15) is 0 Å². The lowest BCUT2D eigenvalue weighted by Crippen LogP contribution is -2.56. The van der Waals surface area contributed by atoms with E-state index in [-0.39, 0.29) is 6.42 Å². The molecule has 0 unspecified atom stereocenters. The first-order valence-electron chi connectivity index (χ1n) is 10.3. The molecule has 0 saturated carbocycles. The van der Waals surface area contributed by atoms with E-state index in [1.165, 1.54) is 0 Å². The number of amides is 1. The van der Waals surface area contributed by atoms with E-state index in [2.05, 4.69) is 10.3 Å². The molecule has 0 radical (unpaired) electrons. The molecule has 13 nitrogen and oxygen atoms in total. The van der Waals surface area contributed by atoms with E-state index in [9.17, 15) is 34.5 Å². The second-order valence-electron chi connectivity index (χ2n) is 7.98. The topological polar surface area (TPSA) is 213 Å². The van der Waals surface area contributed by atoms with Gasteiger partial charge in [-0.15, -0.1) is 0 Å². The second-order valence-corrected chi connectivity index (χ2v) is 7.98. The van der Waals surface area contributed by atoms with Crippen molar-refractivity contribution in [2.75, 3.05) is 0 Å². The molecule has 4 rings (SSSR count). The summed E-state index contributed by atoms with van der Waals surface area (Å²) in [4.78, 5) is 52.9. The van der Waals surface area contributed by atoms with Gasteiger partial charge in [-0.05, 0) is 18.1 Å². The first-order valence-corrected chi connectivity index (χ1v) is 10.3. The summed E-state index contributed by atoms with van der Waals surface area (Å²) in [5, 5.41) is 33.6. The summed E-state index contributed by atoms with van der Waals surface area (Å²) in [6.07, 6.45) is -3.74. The summed E-state index contributed by atoms with van der Waals surface area (Å²) < 4.78 is 6.26. The van der Waals surface area contributed by atoms with Crippen molar-refractivity contribution >= 4 is 22.8 Å². The molecule has 1 fully saturated rings. The molecular formula is C21H23N5O8. The van der Waals surface area contributed by atoms with E-state index >= 15 is 0 Å². The highest BCUT2D eigenvalue weighted by atomic mass is 16.6. The molecule has 0 spiro atoms. The molecule has 1 aliphatic heterocycles. The Hall–Kier alpha value is -3.78. The van der Waals surface area contributed by atoms with Crippen molar-refractivity contribution in [1.82, 2.24) is 19.9 Å². The molecule has 0 aliphatic carbocycles. The lowest BCUT2D eigenvalue weighted by Gasteiger charge is -2.24. The smallest absolute Gasteiger partial charge is 0.330 e. The van der Waals surface area contributed by atoms with Crippen LogP contribution in [0.25, 0.3) is 10.9 Å². The Balaban J connectivity index is 1.50. The number of benzene rings is 1. The number of aromatic amines is 2. The molecular weight excluding hydrogens is 450 g/mol. The van der Waals surface area contributed by atoms with Crippen molar-refractivity contribution in [3.05, 3.63) is 69.1 Å². The number of carbonyl (C=O) groups is 2. The number of ether oxygens (including phenoxy) is 1.